The minimum Gasteiger partial charge on any atom is -1.00 e. The third kappa shape index (κ3) is 73.3. The van der Waals surface area contributed by atoms with Crippen molar-refractivity contribution in [1.82, 2.24) is 21.3 Å². The van der Waals surface area contributed by atoms with E-state index in [4.69, 9.17) is 46.5 Å². The molecule has 8 atom stereocenters. The number of carbonyl (C=O) groups is 6. The summed E-state index contributed by atoms with van der Waals surface area (Å²) in [4.78, 5) is 102. The third-order valence-electron chi connectivity index (χ3n) is 20.5. The minimum absolute atomic E-state index is 0. The average molecular weight is 1720 g/mol. The molecule has 1 aliphatic heterocycles. The molecule has 1 saturated heterocycles. The summed E-state index contributed by atoms with van der Waals surface area (Å²) in [5.41, 5.74) is 0. The number of rotatable bonds is 84. The SMILES string of the molecule is CCCCCC/C=C\CCCC(=O)O[C@H](CCCCCCC)CCOC[C@H](COP(=O)(O)OCCNC(=O)[C@H]1OC(C)(C)O[C@H]1C(=O)NCCOP(=O)(O)OC[C@@H](COCC[C@@H](CCCCCCC)OC(=O)CCC/C=C\CCCCCC)NC(=O)CCCCCCCCCCCCC)NC(=O)CCCCCCCCCCCCC.[H-].[H-].[Na+].[Na+]. The average Bonchev–Trinajstić information content (AvgIpc) is 1.66. The van der Waals surface area contributed by atoms with Crippen LogP contribution in [0.3, 0.4) is 0 Å². The Kier molecular flexibility index (Phi) is 81.7. The van der Waals surface area contributed by atoms with E-state index < -0.39 is 84.0 Å². The maximum Gasteiger partial charge on any atom is 1.00 e. The first-order chi connectivity index (χ1) is 55.6. The van der Waals surface area contributed by atoms with Gasteiger partial charge in [0.1, 0.15) is 12.2 Å². The standard InChI is InChI=1S/C89H168N4O20P2.2Na.2H/c1-9-15-21-27-31-35-37-41-43-49-55-61-81(94)92-77(73-104-69-65-79(59-53-47-25-19-13-5)110-83(96)63-57-51-45-39-33-29-23-17-11-3)75-108-114(100,101)106-71-67-90-87(98)85-86(113-89(7,8)112-85)88(99)91-68-72-107-115(102,103)109-76-78(93-82(95)62-56-50-44-42-38-36-32-28-22-16-10-2)74-105-70-66-80(60-54-48-26-20-14-6)111-84(97)64-58-52-46-40-34-30-24-18-12-4;;;;/h39-40,45-46,77-80,85-86H,9-38,41-44,47-76H2,1-8H3,(H,90,98)(H,91,99)(H,92,94)(H,93,95)(H,100,101)(H,102,103);;;;/q;2*+1;2*-1/b45-39-,46-40-;;;;/t77-,78-,79-,80-,85-,86+;;;;/m1..../s1. The van der Waals surface area contributed by atoms with Crippen LogP contribution in [0.25, 0.3) is 0 Å². The first-order valence-electron chi connectivity index (χ1n) is 46.2. The molecule has 0 aromatic carbocycles. The Morgan fingerprint density at radius 2 is 0.650 bits per heavy atom. The minimum atomic E-state index is -4.80. The summed E-state index contributed by atoms with van der Waals surface area (Å²) in [6, 6.07) is -1.70. The van der Waals surface area contributed by atoms with Crippen molar-refractivity contribution >= 4 is 51.2 Å². The number of phosphoric ester groups is 2. The second-order valence-electron chi connectivity index (χ2n) is 32.1. The van der Waals surface area contributed by atoms with Crippen LogP contribution in [0.15, 0.2) is 24.3 Å². The maximum absolute atomic E-state index is 13.6. The molecule has 117 heavy (non-hydrogen) atoms. The zero-order chi connectivity index (χ0) is 84.4. The Morgan fingerprint density at radius 3 is 0.966 bits per heavy atom. The van der Waals surface area contributed by atoms with E-state index in [1.54, 1.807) is 0 Å². The number of esters is 2. The fourth-order valence-electron chi connectivity index (χ4n) is 13.6. The van der Waals surface area contributed by atoms with Gasteiger partial charge < -0.3 is 62.3 Å². The molecule has 678 valence electrons. The molecule has 28 heteroatoms. The summed E-state index contributed by atoms with van der Waals surface area (Å²) in [6.45, 7) is 13.9. The summed E-state index contributed by atoms with van der Waals surface area (Å²) in [7, 11) is -9.60. The largest absolute Gasteiger partial charge is 1.00 e. The Hall–Kier alpha value is -1.64. The summed E-state index contributed by atoms with van der Waals surface area (Å²) in [5.74, 6) is -4.02. The van der Waals surface area contributed by atoms with Crippen molar-refractivity contribution in [1.29, 1.82) is 0 Å². The van der Waals surface area contributed by atoms with Crippen LogP contribution in [0, 0.1) is 0 Å². The topological polar surface area (TPSA) is 317 Å². The summed E-state index contributed by atoms with van der Waals surface area (Å²) in [6.07, 6.45) is 58.6. The Balaban J connectivity index is -0.0000165. The van der Waals surface area contributed by atoms with Crippen molar-refractivity contribution in [3.8, 4) is 0 Å². The number of phosphoric acid groups is 2. The van der Waals surface area contributed by atoms with Gasteiger partial charge in [-0.3, -0.25) is 46.9 Å². The zero-order valence-electron chi connectivity index (χ0n) is 77.7. The van der Waals surface area contributed by atoms with Crippen molar-refractivity contribution in [3.63, 3.8) is 0 Å². The third-order valence-corrected chi connectivity index (χ3v) is 22.5. The molecule has 1 rings (SSSR count). The Bertz CT molecular complexity index is 2410. The molecular formula is C89H170N4Na2O20P2. The molecule has 0 aromatic heterocycles. The van der Waals surface area contributed by atoms with Gasteiger partial charge >= 0.3 is 86.7 Å². The van der Waals surface area contributed by atoms with Crippen LogP contribution in [0.1, 0.15) is 405 Å². The van der Waals surface area contributed by atoms with Gasteiger partial charge in [0.25, 0.3) is 11.8 Å². The first kappa shape index (κ1) is 117. The van der Waals surface area contributed by atoms with Gasteiger partial charge in [0, 0.05) is 51.6 Å². The van der Waals surface area contributed by atoms with Gasteiger partial charge in [-0.05, 0) is 104 Å². The van der Waals surface area contributed by atoms with E-state index in [1.165, 1.54) is 155 Å². The van der Waals surface area contributed by atoms with Crippen LogP contribution in [-0.4, -0.2) is 154 Å². The van der Waals surface area contributed by atoms with Gasteiger partial charge in [0.15, 0.2) is 18.0 Å². The predicted molar refractivity (Wildman–Crippen MR) is 462 cm³/mol. The maximum atomic E-state index is 13.6. The molecule has 24 nitrogen and oxygen atoms in total. The van der Waals surface area contributed by atoms with E-state index in [0.717, 1.165) is 128 Å². The van der Waals surface area contributed by atoms with Gasteiger partial charge in [-0.25, -0.2) is 9.13 Å². The van der Waals surface area contributed by atoms with Crippen molar-refractivity contribution < 1.29 is 156 Å². The van der Waals surface area contributed by atoms with E-state index in [0.29, 0.717) is 64.2 Å². The van der Waals surface area contributed by atoms with Gasteiger partial charge in [0.05, 0.1) is 64.9 Å². The van der Waals surface area contributed by atoms with Crippen LogP contribution < -0.4 is 80.4 Å². The molecule has 0 aromatic rings. The van der Waals surface area contributed by atoms with Gasteiger partial charge in [0.2, 0.25) is 11.8 Å². The smallest absolute Gasteiger partial charge is 1.00 e. The van der Waals surface area contributed by atoms with Crippen molar-refractivity contribution in [2.45, 2.75) is 444 Å². The monoisotopic (exact) mass is 1720 g/mol. The molecule has 6 N–H and O–H groups in total. The zero-order valence-corrected chi connectivity index (χ0v) is 81.5. The summed E-state index contributed by atoms with van der Waals surface area (Å²) >= 11 is 0. The number of amides is 4. The van der Waals surface area contributed by atoms with Gasteiger partial charge in [-0.2, -0.15) is 0 Å². The molecule has 0 radical (unpaired) electrons. The van der Waals surface area contributed by atoms with E-state index in [2.05, 4.69) is 87.1 Å². The number of allylic oxidation sites excluding steroid dienone is 4. The Labute approximate surface area is 757 Å². The number of hydrogen-bond acceptors (Lipinski definition) is 18. The van der Waals surface area contributed by atoms with Crippen LogP contribution in [0.5, 0.6) is 0 Å². The summed E-state index contributed by atoms with van der Waals surface area (Å²) in [5, 5.41) is 10.9. The first-order valence-corrected chi connectivity index (χ1v) is 49.2. The van der Waals surface area contributed by atoms with Crippen LogP contribution in [0.2, 0.25) is 0 Å². The number of nitrogens with one attached hydrogen (secondary N) is 4. The van der Waals surface area contributed by atoms with E-state index in [1.807, 2.05) is 0 Å². The fourth-order valence-corrected chi connectivity index (χ4v) is 15.2. The molecule has 0 saturated carbocycles. The second-order valence-corrected chi connectivity index (χ2v) is 35.0. The van der Waals surface area contributed by atoms with Gasteiger partial charge in [-0.1, -0.05) is 284 Å². The molecule has 0 spiro atoms. The van der Waals surface area contributed by atoms with Crippen LogP contribution in [0.4, 0.5) is 0 Å². The summed E-state index contributed by atoms with van der Waals surface area (Å²) < 4.78 is 83.9. The number of hydrogen-bond donors (Lipinski definition) is 6. The van der Waals surface area contributed by atoms with Crippen molar-refractivity contribution in [2.24, 2.45) is 0 Å². The number of carbonyl (C=O) groups excluding carboxylic acids is 6. The molecule has 1 fully saturated rings. The van der Waals surface area contributed by atoms with Crippen LogP contribution >= 0.6 is 15.6 Å². The van der Waals surface area contributed by atoms with E-state index in [9.17, 15) is 47.7 Å². The van der Waals surface area contributed by atoms with Crippen molar-refractivity contribution in [3.05, 3.63) is 24.3 Å². The van der Waals surface area contributed by atoms with Gasteiger partial charge in [-0.15, -0.1) is 0 Å². The number of ether oxygens (including phenoxy) is 6. The normalized spacial score (nSPS) is 16.0. The molecule has 1 heterocycles. The molecule has 1 aliphatic rings. The molecule has 0 bridgehead atoms. The van der Waals surface area contributed by atoms with E-state index >= 15 is 0 Å². The Morgan fingerprint density at radius 1 is 0.368 bits per heavy atom. The second kappa shape index (κ2) is 81.4. The predicted octanol–water partition coefficient (Wildman–Crippen LogP) is 15.4. The molecule has 2 unspecified atom stereocenters. The fraction of sp³-hybridized carbons (Fsp3) is 0.888. The van der Waals surface area contributed by atoms with Crippen molar-refractivity contribution in [2.75, 3.05) is 65.9 Å². The molecular weight excluding hydrogens is 1550 g/mol. The van der Waals surface area contributed by atoms with Crippen LogP contribution in [-0.2, 0) is 84.4 Å². The quantitative estimate of drug-likeness (QED) is 0.0108. The number of unbranched alkanes of at least 4 members (excludes halogenated alkanes) is 38. The molecule has 4 amide bonds. The van der Waals surface area contributed by atoms with E-state index in [-0.39, 0.29) is 150 Å². The molecule has 0 aliphatic carbocycles.